The van der Waals surface area contributed by atoms with E-state index in [1.54, 1.807) is 0 Å². The maximum Gasteiger partial charge on any atom is 0.0590 e. The minimum Gasteiger partial charge on any atom is -0.396 e. The quantitative estimate of drug-likeness (QED) is 0.675. The maximum atomic E-state index is 9.75. The second kappa shape index (κ2) is 6.63. The molecular weight excluding hydrogens is 202 g/mol. The SMILES string of the molecule is CC(CO)C(O)CCc1ccccc1CN. The van der Waals surface area contributed by atoms with E-state index in [1.165, 1.54) is 5.56 Å². The van der Waals surface area contributed by atoms with E-state index in [1.807, 2.05) is 31.2 Å². The zero-order valence-electron chi connectivity index (χ0n) is 9.76. The highest BCUT2D eigenvalue weighted by atomic mass is 16.3. The summed E-state index contributed by atoms with van der Waals surface area (Å²) in [5, 5.41) is 18.7. The molecule has 0 fully saturated rings. The molecule has 3 heteroatoms. The number of rotatable bonds is 6. The van der Waals surface area contributed by atoms with Gasteiger partial charge in [-0.25, -0.2) is 0 Å². The Labute approximate surface area is 96.9 Å². The Kier molecular flexibility index (Phi) is 5.46. The van der Waals surface area contributed by atoms with E-state index in [4.69, 9.17) is 10.8 Å². The topological polar surface area (TPSA) is 66.5 Å². The van der Waals surface area contributed by atoms with Gasteiger partial charge in [0.2, 0.25) is 0 Å². The van der Waals surface area contributed by atoms with Gasteiger partial charge in [0.15, 0.2) is 0 Å². The molecule has 0 heterocycles. The first-order valence-corrected chi connectivity index (χ1v) is 5.74. The first-order chi connectivity index (χ1) is 7.69. The first kappa shape index (κ1) is 13.2. The lowest BCUT2D eigenvalue weighted by molar-refractivity contribution is 0.0708. The van der Waals surface area contributed by atoms with Crippen LogP contribution in [0.2, 0.25) is 0 Å². The van der Waals surface area contributed by atoms with Crippen LogP contribution in [-0.4, -0.2) is 22.9 Å². The Balaban J connectivity index is 2.54. The highest BCUT2D eigenvalue weighted by Crippen LogP contribution is 2.14. The Bertz CT molecular complexity index is 315. The number of hydrogen-bond donors (Lipinski definition) is 3. The monoisotopic (exact) mass is 223 g/mol. The fourth-order valence-corrected chi connectivity index (χ4v) is 1.71. The Morgan fingerprint density at radius 1 is 1.25 bits per heavy atom. The standard InChI is InChI=1S/C13H21NO2/c1-10(9-15)13(16)7-6-11-4-2-3-5-12(11)8-14/h2-5,10,13,15-16H,6-9,14H2,1H3. The Morgan fingerprint density at radius 2 is 1.88 bits per heavy atom. The molecule has 0 aliphatic carbocycles. The molecule has 0 saturated carbocycles. The second-order valence-corrected chi connectivity index (χ2v) is 4.24. The largest absolute Gasteiger partial charge is 0.396 e. The number of aryl methyl sites for hydroxylation is 1. The Morgan fingerprint density at radius 3 is 2.44 bits per heavy atom. The molecule has 0 saturated heterocycles. The summed E-state index contributed by atoms with van der Waals surface area (Å²) in [5.41, 5.74) is 7.96. The lowest BCUT2D eigenvalue weighted by atomic mass is 9.96. The van der Waals surface area contributed by atoms with E-state index in [0.717, 1.165) is 12.0 Å². The molecule has 1 aromatic rings. The fourth-order valence-electron chi connectivity index (χ4n) is 1.71. The summed E-state index contributed by atoms with van der Waals surface area (Å²) in [4.78, 5) is 0. The number of benzene rings is 1. The minimum absolute atomic E-state index is 0.0275. The van der Waals surface area contributed by atoms with Crippen molar-refractivity contribution in [2.24, 2.45) is 11.7 Å². The van der Waals surface area contributed by atoms with Gasteiger partial charge in [0.25, 0.3) is 0 Å². The predicted molar refractivity (Wildman–Crippen MR) is 64.9 cm³/mol. The second-order valence-electron chi connectivity index (χ2n) is 4.24. The van der Waals surface area contributed by atoms with Crippen LogP contribution in [0.5, 0.6) is 0 Å². The van der Waals surface area contributed by atoms with E-state index in [-0.39, 0.29) is 12.5 Å². The van der Waals surface area contributed by atoms with Crippen molar-refractivity contribution in [1.29, 1.82) is 0 Å². The van der Waals surface area contributed by atoms with Crippen molar-refractivity contribution in [3.05, 3.63) is 35.4 Å². The molecule has 0 spiro atoms. The average Bonchev–Trinajstić information content (AvgIpc) is 2.35. The average molecular weight is 223 g/mol. The molecule has 0 aromatic heterocycles. The smallest absolute Gasteiger partial charge is 0.0590 e. The molecule has 4 N–H and O–H groups in total. The van der Waals surface area contributed by atoms with Crippen molar-refractivity contribution in [3.63, 3.8) is 0 Å². The van der Waals surface area contributed by atoms with Gasteiger partial charge in [-0.1, -0.05) is 31.2 Å². The van der Waals surface area contributed by atoms with Gasteiger partial charge >= 0.3 is 0 Å². The fraction of sp³-hybridized carbons (Fsp3) is 0.538. The summed E-state index contributed by atoms with van der Waals surface area (Å²) < 4.78 is 0. The molecule has 0 radical (unpaired) electrons. The Hall–Kier alpha value is -0.900. The zero-order chi connectivity index (χ0) is 12.0. The number of hydrogen-bond acceptors (Lipinski definition) is 3. The van der Waals surface area contributed by atoms with Crippen molar-refractivity contribution >= 4 is 0 Å². The molecule has 0 bridgehead atoms. The third-order valence-corrected chi connectivity index (χ3v) is 2.99. The van der Waals surface area contributed by atoms with Crippen molar-refractivity contribution < 1.29 is 10.2 Å². The highest BCUT2D eigenvalue weighted by molar-refractivity contribution is 5.26. The summed E-state index contributed by atoms with van der Waals surface area (Å²) in [6.07, 6.45) is 1.02. The van der Waals surface area contributed by atoms with Crippen molar-refractivity contribution in [3.8, 4) is 0 Å². The van der Waals surface area contributed by atoms with Crippen LogP contribution in [0, 0.1) is 5.92 Å². The lowest BCUT2D eigenvalue weighted by Gasteiger charge is -2.17. The van der Waals surface area contributed by atoms with Gasteiger partial charge in [-0.2, -0.15) is 0 Å². The molecule has 2 atom stereocenters. The van der Waals surface area contributed by atoms with Crippen LogP contribution in [-0.2, 0) is 13.0 Å². The van der Waals surface area contributed by atoms with Crippen LogP contribution in [0.3, 0.4) is 0 Å². The van der Waals surface area contributed by atoms with Crippen LogP contribution in [0.15, 0.2) is 24.3 Å². The number of aliphatic hydroxyl groups is 2. The molecule has 1 aromatic carbocycles. The highest BCUT2D eigenvalue weighted by Gasteiger charge is 2.13. The van der Waals surface area contributed by atoms with Gasteiger partial charge in [0.1, 0.15) is 0 Å². The maximum absolute atomic E-state index is 9.75. The van der Waals surface area contributed by atoms with E-state index >= 15 is 0 Å². The molecule has 0 aliphatic heterocycles. The minimum atomic E-state index is -0.448. The zero-order valence-corrected chi connectivity index (χ0v) is 9.76. The molecule has 16 heavy (non-hydrogen) atoms. The molecule has 3 nitrogen and oxygen atoms in total. The molecule has 0 aliphatic rings. The predicted octanol–water partition coefficient (Wildman–Crippen LogP) is 1.07. The molecule has 0 amide bonds. The van der Waals surface area contributed by atoms with E-state index in [0.29, 0.717) is 13.0 Å². The van der Waals surface area contributed by atoms with E-state index < -0.39 is 6.10 Å². The van der Waals surface area contributed by atoms with Gasteiger partial charge in [0.05, 0.1) is 6.10 Å². The van der Waals surface area contributed by atoms with Crippen molar-refractivity contribution in [1.82, 2.24) is 0 Å². The third-order valence-electron chi connectivity index (χ3n) is 2.99. The molecule has 1 rings (SSSR count). The molecule has 2 unspecified atom stereocenters. The van der Waals surface area contributed by atoms with Gasteiger partial charge in [0, 0.05) is 19.1 Å². The summed E-state index contributed by atoms with van der Waals surface area (Å²) in [5.74, 6) is -0.0648. The van der Waals surface area contributed by atoms with Crippen LogP contribution in [0.25, 0.3) is 0 Å². The van der Waals surface area contributed by atoms with Gasteiger partial charge in [-0.3, -0.25) is 0 Å². The normalized spacial score (nSPS) is 14.8. The summed E-state index contributed by atoms with van der Waals surface area (Å²) in [7, 11) is 0. The lowest BCUT2D eigenvalue weighted by Crippen LogP contribution is -2.21. The van der Waals surface area contributed by atoms with Crippen LogP contribution < -0.4 is 5.73 Å². The number of aliphatic hydroxyl groups excluding tert-OH is 2. The summed E-state index contributed by atoms with van der Waals surface area (Å²) in [6.45, 7) is 2.40. The van der Waals surface area contributed by atoms with Gasteiger partial charge in [-0.05, 0) is 24.0 Å². The summed E-state index contributed by atoms with van der Waals surface area (Å²) in [6, 6.07) is 8.00. The number of nitrogens with two attached hydrogens (primary N) is 1. The van der Waals surface area contributed by atoms with Crippen LogP contribution >= 0.6 is 0 Å². The summed E-state index contributed by atoms with van der Waals surface area (Å²) >= 11 is 0. The van der Waals surface area contributed by atoms with Crippen LogP contribution in [0.1, 0.15) is 24.5 Å². The first-order valence-electron chi connectivity index (χ1n) is 5.74. The van der Waals surface area contributed by atoms with Gasteiger partial charge < -0.3 is 15.9 Å². The van der Waals surface area contributed by atoms with E-state index in [2.05, 4.69) is 0 Å². The molecular formula is C13H21NO2. The van der Waals surface area contributed by atoms with Crippen molar-refractivity contribution in [2.75, 3.05) is 6.61 Å². The van der Waals surface area contributed by atoms with Crippen LogP contribution in [0.4, 0.5) is 0 Å². The van der Waals surface area contributed by atoms with Gasteiger partial charge in [-0.15, -0.1) is 0 Å². The van der Waals surface area contributed by atoms with Crippen molar-refractivity contribution in [2.45, 2.75) is 32.4 Å². The molecule has 90 valence electrons. The van der Waals surface area contributed by atoms with E-state index in [9.17, 15) is 5.11 Å². The third kappa shape index (κ3) is 3.59.